The highest BCUT2D eigenvalue weighted by molar-refractivity contribution is 5.93. The summed E-state index contributed by atoms with van der Waals surface area (Å²) in [6, 6.07) is 11.4. The van der Waals surface area contributed by atoms with Gasteiger partial charge in [0, 0.05) is 37.1 Å². The molecule has 6 heteroatoms. The van der Waals surface area contributed by atoms with Crippen LogP contribution in [-0.2, 0) is 6.54 Å². The van der Waals surface area contributed by atoms with E-state index in [4.69, 9.17) is 4.52 Å². The lowest BCUT2D eigenvalue weighted by Gasteiger charge is -2.04. The van der Waals surface area contributed by atoms with Crippen molar-refractivity contribution < 1.29 is 13.7 Å². The fraction of sp³-hybridized carbons (Fsp3) is 0.176. The van der Waals surface area contributed by atoms with Crippen LogP contribution in [0.3, 0.4) is 0 Å². The minimum atomic E-state index is -0.366. The number of aryl methyl sites for hydroxylation is 1. The van der Waals surface area contributed by atoms with E-state index in [0.717, 1.165) is 13.0 Å². The molecule has 0 saturated heterocycles. The zero-order chi connectivity index (χ0) is 16.1. The summed E-state index contributed by atoms with van der Waals surface area (Å²) in [6.45, 7) is 1.37. The molecule has 0 unspecified atom stereocenters. The molecular weight excluding hydrogens is 297 g/mol. The van der Waals surface area contributed by atoms with Crippen molar-refractivity contribution in [1.82, 2.24) is 15.0 Å². The van der Waals surface area contributed by atoms with Gasteiger partial charge in [-0.3, -0.25) is 4.79 Å². The minimum absolute atomic E-state index is 0.185. The molecule has 2 aromatic heterocycles. The second-order valence-electron chi connectivity index (χ2n) is 5.12. The molecule has 0 radical (unpaired) electrons. The second-order valence-corrected chi connectivity index (χ2v) is 5.12. The largest absolute Gasteiger partial charge is 0.355 e. The van der Waals surface area contributed by atoms with Crippen molar-refractivity contribution in [1.29, 1.82) is 0 Å². The Bertz CT molecular complexity index is 781. The number of benzene rings is 1. The van der Waals surface area contributed by atoms with E-state index < -0.39 is 0 Å². The molecule has 3 rings (SSSR count). The molecule has 0 aliphatic carbocycles. The van der Waals surface area contributed by atoms with Crippen LogP contribution in [0, 0.1) is 5.82 Å². The normalized spacial score (nSPS) is 10.7. The number of amides is 1. The Kier molecular flexibility index (Phi) is 4.52. The number of nitrogens with one attached hydrogen (secondary N) is 1. The Morgan fingerprint density at radius 3 is 2.83 bits per heavy atom. The van der Waals surface area contributed by atoms with Crippen LogP contribution >= 0.6 is 0 Å². The average molecular weight is 313 g/mol. The first-order valence-corrected chi connectivity index (χ1v) is 7.34. The monoisotopic (exact) mass is 313 g/mol. The van der Waals surface area contributed by atoms with Gasteiger partial charge < -0.3 is 14.4 Å². The topological polar surface area (TPSA) is 60.1 Å². The fourth-order valence-electron chi connectivity index (χ4n) is 2.23. The van der Waals surface area contributed by atoms with E-state index in [-0.39, 0.29) is 17.4 Å². The van der Waals surface area contributed by atoms with Crippen LogP contribution in [0.2, 0.25) is 0 Å². The fourth-order valence-corrected chi connectivity index (χ4v) is 2.23. The standard InChI is InChI=1S/C17H16FN3O2/c18-14-6-3-5-13(11-14)16-12-15(20-23-16)17(22)19-7-4-10-21-8-1-2-9-21/h1-3,5-6,8-9,11-12H,4,7,10H2,(H,19,22). The summed E-state index contributed by atoms with van der Waals surface area (Å²) in [7, 11) is 0. The third-order valence-electron chi connectivity index (χ3n) is 3.40. The van der Waals surface area contributed by atoms with E-state index in [0.29, 0.717) is 17.9 Å². The maximum absolute atomic E-state index is 13.2. The van der Waals surface area contributed by atoms with Gasteiger partial charge in [0.1, 0.15) is 5.82 Å². The van der Waals surface area contributed by atoms with Gasteiger partial charge in [0.15, 0.2) is 11.5 Å². The maximum Gasteiger partial charge on any atom is 0.273 e. The van der Waals surface area contributed by atoms with Crippen LogP contribution in [0.25, 0.3) is 11.3 Å². The molecule has 1 N–H and O–H groups in total. The molecule has 0 aliphatic heterocycles. The molecule has 0 atom stereocenters. The van der Waals surface area contributed by atoms with Gasteiger partial charge >= 0.3 is 0 Å². The number of aromatic nitrogens is 2. The van der Waals surface area contributed by atoms with Crippen LogP contribution in [0.4, 0.5) is 4.39 Å². The van der Waals surface area contributed by atoms with Crippen LogP contribution in [-0.4, -0.2) is 22.2 Å². The Balaban J connectivity index is 1.54. The number of carbonyl (C=O) groups excluding carboxylic acids is 1. The number of halogens is 1. The van der Waals surface area contributed by atoms with Crippen LogP contribution in [0.15, 0.2) is 59.4 Å². The summed E-state index contributed by atoms with van der Waals surface area (Å²) in [5.41, 5.74) is 0.731. The number of rotatable bonds is 6. The van der Waals surface area contributed by atoms with Gasteiger partial charge in [0.25, 0.3) is 5.91 Å². The Morgan fingerprint density at radius 1 is 1.22 bits per heavy atom. The predicted octanol–water partition coefficient (Wildman–Crippen LogP) is 3.10. The van der Waals surface area contributed by atoms with Gasteiger partial charge in [-0.25, -0.2) is 4.39 Å². The molecule has 5 nitrogen and oxygen atoms in total. The van der Waals surface area contributed by atoms with E-state index >= 15 is 0 Å². The molecule has 0 aliphatic rings. The molecule has 0 saturated carbocycles. The lowest BCUT2D eigenvalue weighted by Crippen LogP contribution is -2.25. The molecular formula is C17H16FN3O2. The van der Waals surface area contributed by atoms with E-state index in [1.54, 1.807) is 12.1 Å². The number of hydrogen-bond donors (Lipinski definition) is 1. The van der Waals surface area contributed by atoms with Gasteiger partial charge in [-0.05, 0) is 30.7 Å². The van der Waals surface area contributed by atoms with Gasteiger partial charge in [-0.15, -0.1) is 0 Å². The van der Waals surface area contributed by atoms with Crippen molar-refractivity contribution >= 4 is 5.91 Å². The number of hydrogen-bond acceptors (Lipinski definition) is 3. The highest BCUT2D eigenvalue weighted by atomic mass is 19.1. The molecule has 23 heavy (non-hydrogen) atoms. The van der Waals surface area contributed by atoms with Gasteiger partial charge in [0.2, 0.25) is 0 Å². The molecule has 1 aromatic carbocycles. The van der Waals surface area contributed by atoms with Gasteiger partial charge in [0.05, 0.1) is 0 Å². The summed E-state index contributed by atoms with van der Waals surface area (Å²) in [4.78, 5) is 12.0. The van der Waals surface area contributed by atoms with Crippen molar-refractivity contribution in [2.45, 2.75) is 13.0 Å². The van der Waals surface area contributed by atoms with Crippen molar-refractivity contribution in [2.24, 2.45) is 0 Å². The molecule has 0 bridgehead atoms. The minimum Gasteiger partial charge on any atom is -0.355 e. The van der Waals surface area contributed by atoms with Crippen LogP contribution in [0.5, 0.6) is 0 Å². The van der Waals surface area contributed by atoms with E-state index in [1.807, 2.05) is 29.1 Å². The zero-order valence-electron chi connectivity index (χ0n) is 12.4. The van der Waals surface area contributed by atoms with Crippen molar-refractivity contribution in [3.8, 4) is 11.3 Å². The first-order valence-electron chi connectivity index (χ1n) is 7.34. The highest BCUT2D eigenvalue weighted by Gasteiger charge is 2.13. The molecule has 3 aromatic rings. The molecule has 118 valence electrons. The van der Waals surface area contributed by atoms with E-state index in [1.165, 1.54) is 18.2 Å². The maximum atomic E-state index is 13.2. The average Bonchev–Trinajstić information content (AvgIpc) is 3.23. The number of carbonyl (C=O) groups is 1. The molecule has 0 fully saturated rings. The molecule has 1 amide bonds. The molecule has 2 heterocycles. The van der Waals surface area contributed by atoms with Gasteiger partial charge in [-0.1, -0.05) is 17.3 Å². The summed E-state index contributed by atoms with van der Waals surface area (Å²) in [5, 5.41) is 6.52. The second kappa shape index (κ2) is 6.91. The predicted molar refractivity (Wildman–Crippen MR) is 83.3 cm³/mol. The quantitative estimate of drug-likeness (QED) is 0.711. The lowest BCUT2D eigenvalue weighted by atomic mass is 10.1. The summed E-state index contributed by atoms with van der Waals surface area (Å²) in [6.07, 6.45) is 4.77. The van der Waals surface area contributed by atoms with Crippen LogP contribution in [0.1, 0.15) is 16.9 Å². The summed E-state index contributed by atoms with van der Waals surface area (Å²) < 4.78 is 20.4. The van der Waals surface area contributed by atoms with Crippen molar-refractivity contribution in [2.75, 3.05) is 6.54 Å². The van der Waals surface area contributed by atoms with Crippen molar-refractivity contribution in [3.63, 3.8) is 0 Å². The first kappa shape index (κ1) is 15.0. The van der Waals surface area contributed by atoms with Gasteiger partial charge in [-0.2, -0.15) is 0 Å². The van der Waals surface area contributed by atoms with Crippen LogP contribution < -0.4 is 5.32 Å². The smallest absolute Gasteiger partial charge is 0.273 e. The third-order valence-corrected chi connectivity index (χ3v) is 3.40. The first-order chi connectivity index (χ1) is 11.2. The SMILES string of the molecule is O=C(NCCCn1cccc1)c1cc(-c2cccc(F)c2)on1. The van der Waals surface area contributed by atoms with E-state index in [2.05, 4.69) is 10.5 Å². The zero-order valence-corrected chi connectivity index (χ0v) is 12.4. The third kappa shape index (κ3) is 3.85. The Labute approximate surface area is 132 Å². The van der Waals surface area contributed by atoms with Crippen molar-refractivity contribution in [3.05, 3.63) is 66.4 Å². The Morgan fingerprint density at radius 2 is 2.04 bits per heavy atom. The lowest BCUT2D eigenvalue weighted by molar-refractivity contribution is 0.0944. The molecule has 0 spiro atoms. The number of nitrogens with zero attached hydrogens (tertiary/aromatic N) is 2. The summed E-state index contributed by atoms with van der Waals surface area (Å²) >= 11 is 0. The summed E-state index contributed by atoms with van der Waals surface area (Å²) in [5.74, 6) is -0.305. The highest BCUT2D eigenvalue weighted by Crippen LogP contribution is 2.20. The van der Waals surface area contributed by atoms with E-state index in [9.17, 15) is 9.18 Å². The Hall–Kier alpha value is -2.89.